The number of nitrogens with zero attached hydrogens (tertiary/aromatic N) is 3. The van der Waals surface area contributed by atoms with Crippen molar-refractivity contribution in [2.75, 3.05) is 17.1 Å². The van der Waals surface area contributed by atoms with Crippen LogP contribution in [0, 0.1) is 5.41 Å². The highest BCUT2D eigenvalue weighted by atomic mass is 35.5. The first-order chi connectivity index (χ1) is 11.4. The minimum Gasteiger partial charge on any atom is -0.399 e. The molecule has 0 aliphatic rings. The fourth-order valence-corrected chi connectivity index (χ4v) is 3.77. The number of hydrogen-bond acceptors (Lipinski definition) is 7. The van der Waals surface area contributed by atoms with Crippen LogP contribution in [0.15, 0.2) is 39.9 Å². The maximum absolute atomic E-state index is 13.0. The molecule has 124 valence electrons. The van der Waals surface area contributed by atoms with Gasteiger partial charge in [0.1, 0.15) is 4.90 Å². The van der Waals surface area contributed by atoms with E-state index in [0.29, 0.717) is 11.3 Å². The Morgan fingerprint density at radius 2 is 1.96 bits per heavy atom. The number of hydrogen-bond donors (Lipinski definition) is 2. The number of halogens is 1. The van der Waals surface area contributed by atoms with E-state index in [1.54, 1.807) is 12.1 Å². The molecule has 3 aromatic rings. The Labute approximate surface area is 142 Å². The minimum absolute atomic E-state index is 0.0367. The van der Waals surface area contributed by atoms with Crippen LogP contribution in [0.25, 0.3) is 11.0 Å². The molecule has 0 saturated carbocycles. The average molecular weight is 366 g/mol. The Kier molecular flexibility index (Phi) is 3.90. The van der Waals surface area contributed by atoms with E-state index in [4.69, 9.17) is 22.7 Å². The molecule has 0 amide bonds. The van der Waals surface area contributed by atoms with E-state index in [1.165, 1.54) is 25.2 Å². The lowest BCUT2D eigenvalue weighted by Crippen LogP contribution is -2.28. The first-order valence-corrected chi connectivity index (χ1v) is 8.47. The quantitative estimate of drug-likeness (QED) is 0.539. The molecule has 1 heterocycles. The number of nitrogens with two attached hydrogens (primary N) is 1. The molecule has 0 aliphatic carbocycles. The van der Waals surface area contributed by atoms with Gasteiger partial charge in [0, 0.05) is 24.5 Å². The number of nitrogens with one attached hydrogen (secondary N) is 1. The van der Waals surface area contributed by atoms with Crippen LogP contribution in [0.3, 0.4) is 0 Å². The Balaban J connectivity index is 2.20. The zero-order chi connectivity index (χ0) is 17.5. The molecule has 0 radical (unpaired) electrons. The molecular weight excluding hydrogens is 354 g/mol. The fraction of sp³-hybridized carbons (Fsp3) is 0.0714. The molecule has 0 saturated heterocycles. The fourth-order valence-electron chi connectivity index (χ4n) is 2.25. The van der Waals surface area contributed by atoms with Crippen molar-refractivity contribution in [1.82, 2.24) is 10.3 Å². The Morgan fingerprint density at radius 1 is 1.25 bits per heavy atom. The molecule has 0 aliphatic heterocycles. The predicted molar refractivity (Wildman–Crippen MR) is 91.1 cm³/mol. The summed E-state index contributed by atoms with van der Waals surface area (Å²) in [5, 5.41) is 14.9. The highest BCUT2D eigenvalue weighted by Gasteiger charge is 2.28. The third kappa shape index (κ3) is 2.47. The van der Waals surface area contributed by atoms with Crippen molar-refractivity contribution >= 4 is 50.2 Å². The second-order valence-electron chi connectivity index (χ2n) is 4.94. The van der Waals surface area contributed by atoms with Gasteiger partial charge in [-0.25, -0.2) is 13.0 Å². The lowest BCUT2D eigenvalue weighted by Gasteiger charge is -2.21. The molecule has 0 bridgehead atoms. The van der Waals surface area contributed by atoms with Gasteiger partial charge in [-0.15, -0.1) is 0 Å². The molecule has 1 aromatic heterocycles. The van der Waals surface area contributed by atoms with E-state index in [0.717, 1.165) is 10.5 Å². The molecule has 3 N–H and O–H groups in total. The van der Waals surface area contributed by atoms with E-state index < -0.39 is 10.0 Å². The monoisotopic (exact) mass is 365 g/mol. The Bertz CT molecular complexity index is 1050. The summed E-state index contributed by atoms with van der Waals surface area (Å²) in [6.45, 7) is 0. The van der Waals surface area contributed by atoms with E-state index in [-0.39, 0.29) is 26.6 Å². The molecule has 0 unspecified atom stereocenters. The molecule has 0 atom stereocenters. The molecule has 24 heavy (non-hydrogen) atoms. The molecule has 8 nitrogen and oxygen atoms in total. The van der Waals surface area contributed by atoms with Crippen molar-refractivity contribution in [1.29, 1.82) is 5.41 Å². The third-order valence-electron chi connectivity index (χ3n) is 3.52. The van der Waals surface area contributed by atoms with E-state index in [9.17, 15) is 8.42 Å². The maximum atomic E-state index is 13.0. The molecule has 0 fully saturated rings. The van der Waals surface area contributed by atoms with Crippen molar-refractivity contribution in [3.05, 3.63) is 40.9 Å². The van der Waals surface area contributed by atoms with E-state index in [1.807, 2.05) is 0 Å². The maximum Gasteiger partial charge on any atom is 0.266 e. The van der Waals surface area contributed by atoms with Gasteiger partial charge in [-0.1, -0.05) is 11.6 Å². The van der Waals surface area contributed by atoms with Gasteiger partial charge in [-0.05, 0) is 40.6 Å². The van der Waals surface area contributed by atoms with Gasteiger partial charge >= 0.3 is 0 Å². The molecular formula is C14H12ClN5O3S. The summed E-state index contributed by atoms with van der Waals surface area (Å²) in [6, 6.07) is 7.38. The van der Waals surface area contributed by atoms with Crippen molar-refractivity contribution in [3.63, 3.8) is 0 Å². The minimum atomic E-state index is -4.00. The van der Waals surface area contributed by atoms with Crippen LogP contribution in [-0.2, 0) is 10.0 Å². The first-order valence-electron chi connectivity index (χ1n) is 6.66. The van der Waals surface area contributed by atoms with Crippen LogP contribution >= 0.6 is 11.6 Å². The van der Waals surface area contributed by atoms with Gasteiger partial charge in [-0.2, -0.15) is 0 Å². The molecule has 0 spiro atoms. The SMILES string of the molecule is CN(c1cc(N)ccc1C=N)S(=O)(=O)c1ccc(Cl)c2nonc12. The van der Waals surface area contributed by atoms with Crippen molar-refractivity contribution in [3.8, 4) is 0 Å². The van der Waals surface area contributed by atoms with Gasteiger partial charge in [-0.3, -0.25) is 4.31 Å². The number of sulfonamides is 1. The number of nitrogen functional groups attached to an aromatic ring is 1. The number of aromatic nitrogens is 2. The summed E-state index contributed by atoms with van der Waals surface area (Å²) in [5.74, 6) is 0. The number of rotatable bonds is 4. The smallest absolute Gasteiger partial charge is 0.266 e. The Morgan fingerprint density at radius 3 is 2.67 bits per heavy atom. The van der Waals surface area contributed by atoms with Crippen LogP contribution in [0.2, 0.25) is 5.02 Å². The summed E-state index contributed by atoms with van der Waals surface area (Å²) in [7, 11) is -2.64. The van der Waals surface area contributed by atoms with E-state index >= 15 is 0 Å². The lowest BCUT2D eigenvalue weighted by atomic mass is 10.2. The van der Waals surface area contributed by atoms with Crippen LogP contribution in [0.1, 0.15) is 5.56 Å². The second kappa shape index (κ2) is 5.77. The standard InChI is InChI=1S/C14H12ClN5O3S/c1-20(11-6-9(17)3-2-8(11)7-16)24(21,22)12-5-4-10(15)13-14(12)19-23-18-13/h2-7,16H,17H2,1H3. The van der Waals surface area contributed by atoms with Crippen molar-refractivity contribution < 1.29 is 13.0 Å². The zero-order valence-electron chi connectivity index (χ0n) is 12.4. The van der Waals surface area contributed by atoms with Gasteiger partial charge in [0.15, 0.2) is 11.0 Å². The lowest BCUT2D eigenvalue weighted by molar-refractivity contribution is 0.315. The largest absolute Gasteiger partial charge is 0.399 e. The average Bonchev–Trinajstić information content (AvgIpc) is 3.04. The molecule has 2 aromatic carbocycles. The topological polar surface area (TPSA) is 126 Å². The van der Waals surface area contributed by atoms with Crippen LogP contribution in [0.4, 0.5) is 11.4 Å². The molecule has 3 rings (SSSR count). The summed E-state index contributed by atoms with van der Waals surface area (Å²) in [4.78, 5) is -0.107. The van der Waals surface area contributed by atoms with Crippen LogP contribution in [0.5, 0.6) is 0 Å². The summed E-state index contributed by atoms with van der Waals surface area (Å²) in [5.41, 5.74) is 6.99. The summed E-state index contributed by atoms with van der Waals surface area (Å²) in [6.07, 6.45) is 1.05. The van der Waals surface area contributed by atoms with Gasteiger partial charge in [0.2, 0.25) is 0 Å². The second-order valence-corrected chi connectivity index (χ2v) is 7.29. The third-order valence-corrected chi connectivity index (χ3v) is 5.62. The van der Waals surface area contributed by atoms with Gasteiger partial charge < -0.3 is 11.1 Å². The normalized spacial score (nSPS) is 11.6. The van der Waals surface area contributed by atoms with Crippen molar-refractivity contribution in [2.24, 2.45) is 0 Å². The Hall–Kier alpha value is -2.65. The van der Waals surface area contributed by atoms with E-state index in [2.05, 4.69) is 14.9 Å². The highest BCUT2D eigenvalue weighted by molar-refractivity contribution is 7.93. The highest BCUT2D eigenvalue weighted by Crippen LogP contribution is 2.31. The number of fused-ring (bicyclic) bond motifs is 1. The first kappa shape index (κ1) is 16.2. The van der Waals surface area contributed by atoms with Gasteiger partial charge in [0.05, 0.1) is 10.7 Å². The number of benzene rings is 2. The zero-order valence-corrected chi connectivity index (χ0v) is 14.0. The molecule has 10 heteroatoms. The van der Waals surface area contributed by atoms with Gasteiger partial charge in [0.25, 0.3) is 10.0 Å². The van der Waals surface area contributed by atoms with Crippen molar-refractivity contribution in [2.45, 2.75) is 4.90 Å². The summed E-state index contributed by atoms with van der Waals surface area (Å²) >= 11 is 5.97. The predicted octanol–water partition coefficient (Wildman–Crippen LogP) is 2.28. The number of anilines is 2. The van der Waals surface area contributed by atoms with Crippen LogP contribution < -0.4 is 10.0 Å². The van der Waals surface area contributed by atoms with Crippen LogP contribution in [-0.4, -0.2) is 32.0 Å². The summed E-state index contributed by atoms with van der Waals surface area (Å²) < 4.78 is 31.6.